The fraction of sp³-hybridized carbons (Fsp3) is 0.333. The van der Waals surface area contributed by atoms with Crippen LogP contribution < -0.4 is 14.2 Å². The number of nitrogens with one attached hydrogen (secondary N) is 1. The number of hydrogen-bond acceptors (Lipinski definition) is 5. The highest BCUT2D eigenvalue weighted by Gasteiger charge is 2.29. The molecule has 1 atom stereocenters. The van der Waals surface area contributed by atoms with Crippen LogP contribution in [0.3, 0.4) is 0 Å². The van der Waals surface area contributed by atoms with Crippen molar-refractivity contribution in [2.24, 2.45) is 0 Å². The van der Waals surface area contributed by atoms with Crippen molar-refractivity contribution in [1.29, 1.82) is 0 Å². The zero-order valence-electron chi connectivity index (χ0n) is 16.2. The number of sulfonamides is 1. The van der Waals surface area contributed by atoms with Gasteiger partial charge < -0.3 is 9.47 Å². The second-order valence-electron chi connectivity index (χ2n) is 6.62. The van der Waals surface area contributed by atoms with E-state index in [-0.39, 0.29) is 17.5 Å². The number of fused-ring (bicyclic) bond motifs is 1. The van der Waals surface area contributed by atoms with Gasteiger partial charge in [0.15, 0.2) is 11.5 Å². The lowest BCUT2D eigenvalue weighted by Gasteiger charge is -2.37. The van der Waals surface area contributed by atoms with Crippen molar-refractivity contribution < 1.29 is 17.9 Å². The van der Waals surface area contributed by atoms with Crippen molar-refractivity contribution >= 4 is 10.0 Å². The largest absolute Gasteiger partial charge is 0.493 e. The van der Waals surface area contributed by atoms with Gasteiger partial charge in [-0.05, 0) is 41.8 Å². The minimum absolute atomic E-state index is 0.125. The Balaban J connectivity index is 1.92. The van der Waals surface area contributed by atoms with E-state index >= 15 is 0 Å². The van der Waals surface area contributed by atoms with Crippen molar-refractivity contribution in [3.63, 3.8) is 0 Å². The Hall–Kier alpha value is -2.35. The Bertz CT molecular complexity index is 929. The van der Waals surface area contributed by atoms with Crippen molar-refractivity contribution in [2.45, 2.75) is 17.4 Å². The van der Waals surface area contributed by atoms with Gasteiger partial charge in [-0.2, -0.15) is 0 Å². The Kier molecular flexibility index (Phi) is 6.39. The van der Waals surface area contributed by atoms with Gasteiger partial charge in [-0.15, -0.1) is 6.58 Å². The molecule has 1 aliphatic rings. The molecule has 6 nitrogen and oxygen atoms in total. The first kappa shape index (κ1) is 20.4. The van der Waals surface area contributed by atoms with Crippen LogP contribution in [-0.4, -0.2) is 47.2 Å². The summed E-state index contributed by atoms with van der Waals surface area (Å²) in [6, 6.07) is 12.2. The minimum Gasteiger partial charge on any atom is -0.493 e. The predicted octanol–water partition coefficient (Wildman–Crippen LogP) is 2.77. The third-order valence-electron chi connectivity index (χ3n) is 5.00. The van der Waals surface area contributed by atoms with Crippen LogP contribution in [0.1, 0.15) is 17.2 Å². The van der Waals surface area contributed by atoms with E-state index in [0.717, 1.165) is 24.1 Å². The van der Waals surface area contributed by atoms with Gasteiger partial charge in [0.2, 0.25) is 10.0 Å². The molecule has 0 saturated heterocycles. The molecule has 2 aromatic rings. The highest BCUT2D eigenvalue weighted by atomic mass is 32.2. The average molecular weight is 403 g/mol. The van der Waals surface area contributed by atoms with E-state index < -0.39 is 10.0 Å². The maximum Gasteiger partial charge on any atom is 0.240 e. The summed E-state index contributed by atoms with van der Waals surface area (Å²) < 4.78 is 39.0. The molecule has 0 bridgehead atoms. The maximum absolute atomic E-state index is 12.7. The number of nitrogens with zero attached hydrogens (tertiary/aromatic N) is 1. The maximum atomic E-state index is 12.7. The molecule has 1 N–H and O–H groups in total. The average Bonchev–Trinajstić information content (AvgIpc) is 2.72. The Morgan fingerprint density at radius 2 is 1.86 bits per heavy atom. The molecule has 0 radical (unpaired) electrons. The normalized spacial score (nSPS) is 17.0. The van der Waals surface area contributed by atoms with Gasteiger partial charge in [0.1, 0.15) is 0 Å². The van der Waals surface area contributed by atoms with E-state index in [1.165, 1.54) is 0 Å². The highest BCUT2D eigenvalue weighted by molar-refractivity contribution is 7.89. The van der Waals surface area contributed by atoms with Gasteiger partial charge in [0, 0.05) is 25.7 Å². The first-order chi connectivity index (χ1) is 13.5. The van der Waals surface area contributed by atoms with E-state index in [9.17, 15) is 8.42 Å². The highest BCUT2D eigenvalue weighted by Crippen LogP contribution is 2.38. The summed E-state index contributed by atoms with van der Waals surface area (Å²) in [5.41, 5.74) is 2.18. The Morgan fingerprint density at radius 1 is 1.18 bits per heavy atom. The van der Waals surface area contributed by atoms with Gasteiger partial charge in [-0.1, -0.05) is 24.3 Å². The van der Waals surface area contributed by atoms with Crippen molar-refractivity contribution in [2.75, 3.05) is 33.9 Å². The molecule has 1 aliphatic heterocycles. The molecular formula is C21H26N2O4S. The summed E-state index contributed by atoms with van der Waals surface area (Å²) in [6.45, 7) is 5.58. The lowest BCUT2D eigenvalue weighted by molar-refractivity contribution is 0.206. The lowest BCUT2D eigenvalue weighted by Crippen LogP contribution is -2.42. The number of ether oxygens (including phenoxy) is 2. The monoisotopic (exact) mass is 402 g/mol. The van der Waals surface area contributed by atoms with Gasteiger partial charge >= 0.3 is 0 Å². The smallest absolute Gasteiger partial charge is 0.240 e. The summed E-state index contributed by atoms with van der Waals surface area (Å²) in [4.78, 5) is 2.48. The SMILES string of the molecule is C=CCN1CCc2cc(OC)c(OC)cc2[C@@H]1CNS(=O)(=O)c1ccccc1. The first-order valence-electron chi connectivity index (χ1n) is 9.14. The van der Waals surface area contributed by atoms with Crippen LogP contribution in [0, 0.1) is 0 Å². The molecular weight excluding hydrogens is 376 g/mol. The standard InChI is InChI=1S/C21H26N2O4S/c1-4-11-23-12-10-16-13-20(26-2)21(27-3)14-18(16)19(23)15-22-28(24,25)17-8-6-5-7-9-17/h4-9,13-14,19,22H,1,10-12,15H2,2-3H3/t19-/m0/s1. The Labute approximate surface area is 166 Å². The van der Waals surface area contributed by atoms with Crippen LogP contribution in [0.2, 0.25) is 0 Å². The summed E-state index contributed by atoms with van der Waals surface area (Å²) in [7, 11) is -0.375. The molecule has 7 heteroatoms. The molecule has 0 aliphatic carbocycles. The third kappa shape index (κ3) is 4.22. The van der Waals surface area contributed by atoms with Crippen molar-refractivity contribution in [3.8, 4) is 11.5 Å². The Morgan fingerprint density at radius 3 is 2.50 bits per heavy atom. The van der Waals surface area contributed by atoms with Crippen LogP contribution in [0.25, 0.3) is 0 Å². The van der Waals surface area contributed by atoms with E-state index in [0.29, 0.717) is 18.0 Å². The van der Waals surface area contributed by atoms with E-state index in [1.54, 1.807) is 44.6 Å². The number of methoxy groups -OCH3 is 2. The summed E-state index contributed by atoms with van der Waals surface area (Å²) in [5.74, 6) is 1.32. The molecule has 0 aromatic heterocycles. The summed E-state index contributed by atoms with van der Waals surface area (Å²) in [6.07, 6.45) is 2.69. The van der Waals surface area contributed by atoms with E-state index in [1.807, 2.05) is 18.2 Å². The molecule has 3 rings (SSSR count). The number of benzene rings is 2. The van der Waals surface area contributed by atoms with Gasteiger partial charge in [0.25, 0.3) is 0 Å². The van der Waals surface area contributed by atoms with Crippen LogP contribution in [-0.2, 0) is 16.4 Å². The zero-order chi connectivity index (χ0) is 20.1. The van der Waals surface area contributed by atoms with Crippen LogP contribution >= 0.6 is 0 Å². The van der Waals surface area contributed by atoms with E-state index in [2.05, 4.69) is 16.2 Å². The molecule has 1 heterocycles. The second kappa shape index (κ2) is 8.77. The van der Waals surface area contributed by atoms with Gasteiger partial charge in [-0.3, -0.25) is 4.90 Å². The second-order valence-corrected chi connectivity index (χ2v) is 8.39. The molecule has 0 saturated carbocycles. The minimum atomic E-state index is -3.59. The molecule has 28 heavy (non-hydrogen) atoms. The van der Waals surface area contributed by atoms with E-state index in [4.69, 9.17) is 9.47 Å². The van der Waals surface area contributed by atoms with Gasteiger partial charge in [0.05, 0.1) is 19.1 Å². The number of rotatable bonds is 8. The zero-order valence-corrected chi connectivity index (χ0v) is 17.0. The quantitative estimate of drug-likeness (QED) is 0.688. The number of hydrogen-bond donors (Lipinski definition) is 1. The lowest BCUT2D eigenvalue weighted by atomic mass is 9.92. The van der Waals surface area contributed by atoms with Crippen LogP contribution in [0.15, 0.2) is 60.0 Å². The fourth-order valence-electron chi connectivity index (χ4n) is 3.58. The molecule has 2 aromatic carbocycles. The van der Waals surface area contributed by atoms with Gasteiger partial charge in [-0.25, -0.2) is 13.1 Å². The molecule has 0 unspecified atom stereocenters. The topological polar surface area (TPSA) is 67.9 Å². The molecule has 0 amide bonds. The van der Waals surface area contributed by atoms with Crippen molar-refractivity contribution in [1.82, 2.24) is 9.62 Å². The van der Waals surface area contributed by atoms with Crippen molar-refractivity contribution in [3.05, 3.63) is 66.2 Å². The first-order valence-corrected chi connectivity index (χ1v) is 10.6. The summed E-state index contributed by atoms with van der Waals surface area (Å²) in [5, 5.41) is 0. The fourth-order valence-corrected chi connectivity index (χ4v) is 4.63. The third-order valence-corrected chi connectivity index (χ3v) is 6.44. The predicted molar refractivity (Wildman–Crippen MR) is 109 cm³/mol. The molecule has 0 spiro atoms. The summed E-state index contributed by atoms with van der Waals surface area (Å²) >= 11 is 0. The molecule has 150 valence electrons. The van der Waals surface area contributed by atoms with Crippen LogP contribution in [0.4, 0.5) is 0 Å². The molecule has 0 fully saturated rings. The van der Waals surface area contributed by atoms with Crippen LogP contribution in [0.5, 0.6) is 11.5 Å².